The Morgan fingerprint density at radius 3 is 2.56 bits per heavy atom. The summed E-state index contributed by atoms with van der Waals surface area (Å²) in [6.07, 6.45) is 0. The Morgan fingerprint density at radius 1 is 1.04 bits per heavy atom. The first-order valence-corrected chi connectivity index (χ1v) is 7.60. The number of hydrogen-bond acceptors (Lipinski definition) is 4. The zero-order valence-corrected chi connectivity index (χ0v) is 13.5. The number of carbonyl (C=O) groups is 1. The third kappa shape index (κ3) is 3.81. The Hall–Kier alpha value is -3.26. The Kier molecular flexibility index (Phi) is 4.71. The number of fused-ring (bicyclic) bond motifs is 1. The van der Waals surface area contributed by atoms with Crippen molar-refractivity contribution in [2.75, 3.05) is 5.32 Å². The summed E-state index contributed by atoms with van der Waals surface area (Å²) >= 11 is 4.97. The molecule has 1 amide bonds. The van der Waals surface area contributed by atoms with E-state index in [9.17, 15) is 14.0 Å². The number of amides is 1. The van der Waals surface area contributed by atoms with Gasteiger partial charge in [-0.05, 0) is 36.5 Å². The van der Waals surface area contributed by atoms with Gasteiger partial charge in [-0.2, -0.15) is 0 Å². The van der Waals surface area contributed by atoms with E-state index >= 15 is 0 Å². The van der Waals surface area contributed by atoms with Crippen LogP contribution in [-0.4, -0.2) is 11.0 Å². The van der Waals surface area contributed by atoms with Gasteiger partial charge in [0.15, 0.2) is 5.11 Å². The molecule has 0 aliphatic rings. The predicted molar refractivity (Wildman–Crippen MR) is 95.7 cm³/mol. The van der Waals surface area contributed by atoms with Gasteiger partial charge in [0.25, 0.3) is 5.91 Å². The Balaban J connectivity index is 1.68. The lowest BCUT2D eigenvalue weighted by Crippen LogP contribution is -2.45. The standard InChI is InChI=1S/C17H12FN3O3S/c18-12-6-2-3-7-13(12)19-17(25)21-20-15(22)11-9-10-5-1-4-8-14(10)24-16(11)23/h1-9H,(H,20,22)(H2,19,21,25). The second kappa shape index (κ2) is 7.10. The Labute approximate surface area is 146 Å². The van der Waals surface area contributed by atoms with Crippen molar-refractivity contribution >= 4 is 39.9 Å². The largest absolute Gasteiger partial charge is 0.422 e. The summed E-state index contributed by atoms with van der Waals surface area (Å²) in [7, 11) is 0. The summed E-state index contributed by atoms with van der Waals surface area (Å²) in [5.74, 6) is -1.22. The second-order valence-electron chi connectivity index (χ2n) is 5.00. The molecule has 0 radical (unpaired) electrons. The van der Waals surface area contributed by atoms with Gasteiger partial charge in [0, 0.05) is 5.39 Å². The minimum Gasteiger partial charge on any atom is -0.422 e. The minimum absolute atomic E-state index is 0.0383. The SMILES string of the molecule is O=C(NNC(=S)Nc1ccccc1F)c1cc2ccccc2oc1=O. The minimum atomic E-state index is -0.772. The van der Waals surface area contributed by atoms with Crippen LogP contribution >= 0.6 is 12.2 Å². The molecule has 1 aromatic heterocycles. The maximum Gasteiger partial charge on any atom is 0.349 e. The summed E-state index contributed by atoms with van der Waals surface area (Å²) in [5.41, 5.74) is 4.26. The molecule has 0 bridgehead atoms. The average molecular weight is 357 g/mol. The molecule has 3 rings (SSSR count). The molecule has 0 aliphatic heterocycles. The van der Waals surface area contributed by atoms with Crippen molar-refractivity contribution in [3.63, 3.8) is 0 Å². The number of benzene rings is 2. The summed E-state index contributed by atoms with van der Waals surface area (Å²) in [6, 6.07) is 14.2. The molecule has 0 fully saturated rings. The summed E-state index contributed by atoms with van der Waals surface area (Å²) < 4.78 is 18.6. The van der Waals surface area contributed by atoms with Crippen LogP contribution in [0.5, 0.6) is 0 Å². The normalized spacial score (nSPS) is 10.3. The number of halogens is 1. The third-order valence-corrected chi connectivity index (χ3v) is 3.50. The predicted octanol–water partition coefficient (Wildman–Crippen LogP) is 2.56. The van der Waals surface area contributed by atoms with E-state index in [2.05, 4.69) is 16.2 Å². The van der Waals surface area contributed by atoms with Gasteiger partial charge in [-0.1, -0.05) is 30.3 Å². The second-order valence-corrected chi connectivity index (χ2v) is 5.41. The molecule has 0 atom stereocenters. The molecular weight excluding hydrogens is 345 g/mol. The first kappa shape index (κ1) is 16.6. The van der Waals surface area contributed by atoms with E-state index in [1.165, 1.54) is 24.3 Å². The van der Waals surface area contributed by atoms with Gasteiger partial charge >= 0.3 is 5.63 Å². The van der Waals surface area contributed by atoms with E-state index in [1.807, 2.05) is 0 Å². The molecule has 0 saturated carbocycles. The highest BCUT2D eigenvalue weighted by molar-refractivity contribution is 7.80. The monoisotopic (exact) mass is 357 g/mol. The smallest absolute Gasteiger partial charge is 0.349 e. The lowest BCUT2D eigenvalue weighted by Gasteiger charge is -2.11. The number of thiocarbonyl (C=S) groups is 1. The Bertz CT molecular complexity index is 1020. The van der Waals surface area contributed by atoms with Crippen molar-refractivity contribution in [2.45, 2.75) is 0 Å². The van der Waals surface area contributed by atoms with E-state index in [-0.39, 0.29) is 16.4 Å². The fourth-order valence-electron chi connectivity index (χ4n) is 2.12. The van der Waals surface area contributed by atoms with Crippen LogP contribution in [0.25, 0.3) is 11.0 Å². The highest BCUT2D eigenvalue weighted by Gasteiger charge is 2.14. The number of anilines is 1. The quantitative estimate of drug-likeness (QED) is 0.371. The molecule has 0 aliphatic carbocycles. The molecule has 6 nitrogen and oxygen atoms in total. The number of nitrogens with one attached hydrogen (secondary N) is 3. The molecule has 3 N–H and O–H groups in total. The highest BCUT2D eigenvalue weighted by Crippen LogP contribution is 2.13. The number of hydrazine groups is 1. The average Bonchev–Trinajstić information content (AvgIpc) is 2.61. The van der Waals surface area contributed by atoms with Gasteiger partial charge in [-0.25, -0.2) is 9.18 Å². The maximum atomic E-state index is 13.5. The fraction of sp³-hybridized carbons (Fsp3) is 0. The topological polar surface area (TPSA) is 83.4 Å². The summed E-state index contributed by atoms with van der Waals surface area (Å²) in [5, 5.41) is 3.16. The van der Waals surface area contributed by atoms with Gasteiger partial charge in [-0.3, -0.25) is 15.6 Å². The zero-order chi connectivity index (χ0) is 17.8. The van der Waals surface area contributed by atoms with Crippen molar-refractivity contribution in [1.29, 1.82) is 0 Å². The molecule has 0 unspecified atom stereocenters. The lowest BCUT2D eigenvalue weighted by molar-refractivity contribution is 0.0940. The molecule has 1 heterocycles. The van der Waals surface area contributed by atoms with E-state index in [0.717, 1.165) is 0 Å². The van der Waals surface area contributed by atoms with E-state index in [0.29, 0.717) is 11.0 Å². The molecule has 25 heavy (non-hydrogen) atoms. The van der Waals surface area contributed by atoms with Crippen molar-refractivity contribution in [2.24, 2.45) is 0 Å². The first-order chi connectivity index (χ1) is 12.0. The number of rotatable bonds is 2. The van der Waals surface area contributed by atoms with Crippen molar-refractivity contribution in [3.8, 4) is 0 Å². The molecule has 3 aromatic rings. The number of carbonyl (C=O) groups excluding carboxylic acids is 1. The van der Waals surface area contributed by atoms with E-state index < -0.39 is 17.3 Å². The maximum absolute atomic E-state index is 13.5. The lowest BCUT2D eigenvalue weighted by atomic mass is 10.2. The molecule has 8 heteroatoms. The van der Waals surface area contributed by atoms with E-state index in [4.69, 9.17) is 16.6 Å². The Morgan fingerprint density at radius 2 is 1.76 bits per heavy atom. The summed E-state index contributed by atoms with van der Waals surface area (Å²) in [6.45, 7) is 0. The van der Waals surface area contributed by atoms with Crippen molar-refractivity contribution in [1.82, 2.24) is 10.9 Å². The third-order valence-electron chi connectivity index (χ3n) is 3.30. The molecule has 2 aromatic carbocycles. The van der Waals surface area contributed by atoms with Gasteiger partial charge in [0.2, 0.25) is 0 Å². The molecule has 0 saturated heterocycles. The fourth-order valence-corrected chi connectivity index (χ4v) is 2.28. The van der Waals surface area contributed by atoms with Crippen LogP contribution in [0.4, 0.5) is 10.1 Å². The first-order valence-electron chi connectivity index (χ1n) is 7.19. The highest BCUT2D eigenvalue weighted by atomic mass is 32.1. The molecular formula is C17H12FN3O3S. The van der Waals surface area contributed by atoms with Crippen LogP contribution < -0.4 is 21.8 Å². The van der Waals surface area contributed by atoms with Gasteiger partial charge in [0.05, 0.1) is 5.69 Å². The van der Waals surface area contributed by atoms with Crippen LogP contribution in [0.2, 0.25) is 0 Å². The molecule has 0 spiro atoms. The van der Waals surface area contributed by atoms with Gasteiger partial charge in [-0.15, -0.1) is 0 Å². The van der Waals surface area contributed by atoms with Crippen molar-refractivity contribution < 1.29 is 13.6 Å². The van der Waals surface area contributed by atoms with Crippen LogP contribution in [-0.2, 0) is 0 Å². The van der Waals surface area contributed by atoms with Crippen LogP contribution in [0, 0.1) is 5.82 Å². The number of para-hydroxylation sites is 2. The van der Waals surface area contributed by atoms with Crippen LogP contribution in [0.3, 0.4) is 0 Å². The van der Waals surface area contributed by atoms with Gasteiger partial charge < -0.3 is 9.73 Å². The van der Waals surface area contributed by atoms with Gasteiger partial charge in [0.1, 0.15) is 17.0 Å². The number of hydrogen-bond donors (Lipinski definition) is 3. The van der Waals surface area contributed by atoms with E-state index in [1.54, 1.807) is 30.3 Å². The van der Waals surface area contributed by atoms with Crippen LogP contribution in [0.15, 0.2) is 63.8 Å². The van der Waals surface area contributed by atoms with Crippen molar-refractivity contribution in [3.05, 3.63) is 76.4 Å². The summed E-state index contributed by atoms with van der Waals surface area (Å²) in [4.78, 5) is 24.0. The zero-order valence-electron chi connectivity index (χ0n) is 12.7. The van der Waals surface area contributed by atoms with Crippen LogP contribution in [0.1, 0.15) is 10.4 Å². The molecule has 126 valence electrons.